The summed E-state index contributed by atoms with van der Waals surface area (Å²) in [6, 6.07) is 2.10. The van der Waals surface area contributed by atoms with Crippen LogP contribution in [0, 0.1) is 0 Å². The third kappa shape index (κ3) is 4.33. The van der Waals surface area contributed by atoms with Gasteiger partial charge in [-0.3, -0.25) is 0 Å². The molecule has 0 aromatic heterocycles. The van der Waals surface area contributed by atoms with Crippen LogP contribution in [0.4, 0.5) is 13.2 Å². The first-order chi connectivity index (χ1) is 9.87. The lowest BCUT2D eigenvalue weighted by molar-refractivity contribution is -0.137. The van der Waals surface area contributed by atoms with Crippen molar-refractivity contribution >= 4 is 11.0 Å². The van der Waals surface area contributed by atoms with Gasteiger partial charge in [0.15, 0.2) is 0 Å². The standard InChI is InChI=1S/C15H20F3NO2S/c1-6-13(19(5)22(21)14(2,3)4)10-7-11(15(16,17)18)9-12(20)8-10/h6-9,13,20H,1H2,2-5H3. The highest BCUT2D eigenvalue weighted by Gasteiger charge is 2.33. The van der Waals surface area contributed by atoms with Crippen LogP contribution in [-0.4, -0.2) is 25.4 Å². The van der Waals surface area contributed by atoms with Crippen molar-refractivity contribution in [3.05, 3.63) is 42.0 Å². The van der Waals surface area contributed by atoms with Gasteiger partial charge >= 0.3 is 6.18 Å². The number of alkyl halides is 3. The van der Waals surface area contributed by atoms with Crippen LogP contribution in [0.5, 0.6) is 5.75 Å². The van der Waals surface area contributed by atoms with Crippen molar-refractivity contribution in [1.29, 1.82) is 0 Å². The highest BCUT2D eigenvalue weighted by Crippen LogP contribution is 2.35. The Labute approximate surface area is 131 Å². The fourth-order valence-electron chi connectivity index (χ4n) is 2.00. The van der Waals surface area contributed by atoms with Crippen molar-refractivity contribution in [3.63, 3.8) is 0 Å². The van der Waals surface area contributed by atoms with Gasteiger partial charge in [-0.1, -0.05) is 6.08 Å². The number of phenolic OH excluding ortho intramolecular Hbond substituents is 1. The molecular weight excluding hydrogens is 315 g/mol. The molecule has 0 aliphatic heterocycles. The van der Waals surface area contributed by atoms with Gasteiger partial charge in [0, 0.05) is 7.05 Å². The van der Waals surface area contributed by atoms with Gasteiger partial charge in [0.2, 0.25) is 0 Å². The van der Waals surface area contributed by atoms with Crippen LogP contribution >= 0.6 is 0 Å². The zero-order chi connectivity index (χ0) is 17.3. The fourth-order valence-corrected chi connectivity index (χ4v) is 3.28. The van der Waals surface area contributed by atoms with E-state index in [4.69, 9.17) is 0 Å². The maximum atomic E-state index is 12.9. The van der Waals surface area contributed by atoms with Gasteiger partial charge in [-0.25, -0.2) is 8.51 Å². The van der Waals surface area contributed by atoms with E-state index in [0.29, 0.717) is 6.07 Å². The Bertz CT molecular complexity index is 579. The highest BCUT2D eigenvalue weighted by molar-refractivity contribution is 7.84. The zero-order valence-corrected chi connectivity index (χ0v) is 13.8. The van der Waals surface area contributed by atoms with E-state index in [2.05, 4.69) is 6.58 Å². The molecule has 3 nitrogen and oxygen atoms in total. The van der Waals surface area contributed by atoms with Crippen LogP contribution in [0.15, 0.2) is 30.9 Å². The largest absolute Gasteiger partial charge is 0.508 e. The summed E-state index contributed by atoms with van der Waals surface area (Å²) >= 11 is 0. The van der Waals surface area contributed by atoms with E-state index in [9.17, 15) is 22.5 Å². The predicted octanol–water partition coefficient (Wildman–Crippen LogP) is 4.03. The molecule has 2 atom stereocenters. The third-order valence-corrected chi connectivity index (χ3v) is 4.81. The SMILES string of the molecule is C=CC(c1cc(O)cc(C(F)(F)F)c1)N(C)S(=O)C(C)(C)C. The fraction of sp³-hybridized carbons (Fsp3) is 0.467. The van der Waals surface area contributed by atoms with Gasteiger partial charge in [0.05, 0.1) is 16.4 Å². The first-order valence-corrected chi connectivity index (χ1v) is 7.67. The summed E-state index contributed by atoms with van der Waals surface area (Å²) in [5, 5.41) is 9.55. The Hall–Kier alpha value is -1.34. The zero-order valence-electron chi connectivity index (χ0n) is 12.9. The van der Waals surface area contributed by atoms with Crippen molar-refractivity contribution in [1.82, 2.24) is 4.31 Å². The summed E-state index contributed by atoms with van der Waals surface area (Å²) in [4.78, 5) is 0. The van der Waals surface area contributed by atoms with Crippen molar-refractivity contribution in [2.75, 3.05) is 7.05 Å². The normalized spacial score (nSPS) is 15.6. The molecule has 1 aromatic rings. The topological polar surface area (TPSA) is 40.5 Å². The van der Waals surface area contributed by atoms with Crippen molar-refractivity contribution in [2.45, 2.75) is 37.7 Å². The summed E-state index contributed by atoms with van der Waals surface area (Å²) in [6.45, 7) is 8.91. The first kappa shape index (κ1) is 18.7. The number of likely N-dealkylation sites (N-methyl/N-ethyl adjacent to an activating group) is 1. The van der Waals surface area contributed by atoms with Crippen LogP contribution in [0.2, 0.25) is 0 Å². The lowest BCUT2D eigenvalue weighted by atomic mass is 10.0. The molecule has 0 fully saturated rings. The van der Waals surface area contributed by atoms with E-state index in [1.807, 2.05) is 0 Å². The van der Waals surface area contributed by atoms with E-state index in [-0.39, 0.29) is 5.56 Å². The molecule has 0 aliphatic carbocycles. The Morgan fingerprint density at radius 3 is 2.23 bits per heavy atom. The van der Waals surface area contributed by atoms with Gasteiger partial charge in [-0.15, -0.1) is 6.58 Å². The van der Waals surface area contributed by atoms with Crippen LogP contribution in [0.1, 0.15) is 37.9 Å². The monoisotopic (exact) mass is 335 g/mol. The van der Waals surface area contributed by atoms with Crippen LogP contribution in [0.25, 0.3) is 0 Å². The lowest BCUT2D eigenvalue weighted by Gasteiger charge is -2.31. The minimum Gasteiger partial charge on any atom is -0.508 e. The Morgan fingerprint density at radius 1 is 1.27 bits per heavy atom. The molecule has 1 rings (SSSR count). The maximum Gasteiger partial charge on any atom is 0.416 e. The van der Waals surface area contributed by atoms with Crippen molar-refractivity contribution < 1.29 is 22.5 Å². The number of hydrogen-bond acceptors (Lipinski definition) is 2. The van der Waals surface area contributed by atoms with Gasteiger partial charge in [0.1, 0.15) is 16.7 Å². The van der Waals surface area contributed by atoms with E-state index in [0.717, 1.165) is 6.07 Å². The molecule has 0 amide bonds. The number of benzene rings is 1. The summed E-state index contributed by atoms with van der Waals surface area (Å²) in [7, 11) is 0.0989. The van der Waals surface area contributed by atoms with E-state index in [1.165, 1.54) is 16.4 Å². The van der Waals surface area contributed by atoms with Crippen LogP contribution in [-0.2, 0) is 17.2 Å². The molecule has 0 saturated carbocycles. The highest BCUT2D eigenvalue weighted by atomic mass is 32.2. The number of phenols is 1. The minimum atomic E-state index is -4.57. The minimum absolute atomic E-state index is 0.183. The molecule has 1 N–H and O–H groups in total. The van der Waals surface area contributed by atoms with E-state index >= 15 is 0 Å². The average Bonchev–Trinajstić information content (AvgIpc) is 2.35. The Kier molecular flexibility index (Phi) is 5.46. The number of rotatable bonds is 4. The van der Waals surface area contributed by atoms with Gasteiger partial charge in [-0.05, 0) is 44.5 Å². The average molecular weight is 335 g/mol. The predicted molar refractivity (Wildman–Crippen MR) is 81.7 cm³/mol. The molecule has 0 aliphatic rings. The second-order valence-electron chi connectivity index (χ2n) is 5.90. The third-order valence-electron chi connectivity index (χ3n) is 3.01. The summed E-state index contributed by atoms with van der Waals surface area (Å²) in [5.41, 5.74) is -0.772. The summed E-state index contributed by atoms with van der Waals surface area (Å²) < 4.78 is 51.8. The second kappa shape index (κ2) is 6.42. The molecule has 124 valence electrons. The Balaban J connectivity index is 3.29. The molecule has 2 unspecified atom stereocenters. The van der Waals surface area contributed by atoms with Crippen molar-refractivity contribution in [3.8, 4) is 5.75 Å². The first-order valence-electron chi connectivity index (χ1n) is 6.56. The molecule has 0 radical (unpaired) electrons. The van der Waals surface area contributed by atoms with E-state index < -0.39 is 39.3 Å². The second-order valence-corrected chi connectivity index (χ2v) is 8.20. The number of halogens is 3. The van der Waals surface area contributed by atoms with Crippen LogP contribution < -0.4 is 0 Å². The Morgan fingerprint density at radius 2 is 1.82 bits per heavy atom. The molecule has 0 spiro atoms. The number of nitrogens with zero attached hydrogens (tertiary/aromatic N) is 1. The lowest BCUT2D eigenvalue weighted by Crippen LogP contribution is -2.36. The smallest absolute Gasteiger partial charge is 0.416 e. The molecule has 0 saturated heterocycles. The maximum absolute atomic E-state index is 12.9. The number of hydrogen-bond donors (Lipinski definition) is 1. The van der Waals surface area contributed by atoms with E-state index in [1.54, 1.807) is 27.8 Å². The summed E-state index contributed by atoms with van der Waals surface area (Å²) in [6.07, 6.45) is -3.17. The van der Waals surface area contributed by atoms with Gasteiger partial charge in [-0.2, -0.15) is 13.2 Å². The van der Waals surface area contributed by atoms with Gasteiger partial charge < -0.3 is 5.11 Å². The summed E-state index contributed by atoms with van der Waals surface area (Å²) in [5.74, 6) is -0.494. The molecule has 1 aromatic carbocycles. The van der Waals surface area contributed by atoms with Gasteiger partial charge in [0.25, 0.3) is 0 Å². The molecular formula is C15H20F3NO2S. The molecule has 7 heteroatoms. The van der Waals surface area contributed by atoms with Crippen LogP contribution in [0.3, 0.4) is 0 Å². The number of aromatic hydroxyl groups is 1. The molecule has 22 heavy (non-hydrogen) atoms. The molecule has 0 heterocycles. The molecule has 0 bridgehead atoms. The van der Waals surface area contributed by atoms with Crippen molar-refractivity contribution in [2.24, 2.45) is 0 Å². The quantitative estimate of drug-likeness (QED) is 0.844.